The molecule has 5 heteroatoms. The molecule has 0 aromatic heterocycles. The summed E-state index contributed by atoms with van der Waals surface area (Å²) in [7, 11) is 3.53. The summed E-state index contributed by atoms with van der Waals surface area (Å²) in [6.45, 7) is 6.80. The minimum atomic E-state index is -0.534. The fourth-order valence-corrected chi connectivity index (χ4v) is 1.90. The Morgan fingerprint density at radius 3 is 2.62 bits per heavy atom. The molecule has 0 aliphatic heterocycles. The van der Waals surface area contributed by atoms with Gasteiger partial charge in [-0.05, 0) is 45.0 Å². The number of nitrogens with one attached hydrogen (secondary N) is 2. The van der Waals surface area contributed by atoms with Gasteiger partial charge in [-0.2, -0.15) is 0 Å². The largest absolute Gasteiger partial charge is 0.481 e. The van der Waals surface area contributed by atoms with Gasteiger partial charge in [-0.15, -0.1) is 0 Å². The second kappa shape index (κ2) is 8.64. The molecule has 5 nitrogen and oxygen atoms in total. The van der Waals surface area contributed by atoms with Crippen molar-refractivity contribution in [1.29, 1.82) is 0 Å². The number of rotatable bonds is 8. The van der Waals surface area contributed by atoms with Crippen molar-refractivity contribution in [3.8, 4) is 5.75 Å². The van der Waals surface area contributed by atoms with Crippen LogP contribution in [0.1, 0.15) is 31.0 Å². The average Bonchev–Trinajstić information content (AvgIpc) is 2.48. The number of carbonyl (C=O) groups excluding carboxylic acids is 1. The van der Waals surface area contributed by atoms with Gasteiger partial charge in [0.15, 0.2) is 6.10 Å². The molecule has 1 rings (SSSR count). The van der Waals surface area contributed by atoms with E-state index >= 15 is 0 Å². The average molecular weight is 294 g/mol. The summed E-state index contributed by atoms with van der Waals surface area (Å²) in [5.41, 5.74) is 2.21. The van der Waals surface area contributed by atoms with E-state index in [0.717, 1.165) is 11.3 Å². The molecule has 1 aromatic rings. The van der Waals surface area contributed by atoms with Crippen LogP contribution in [0.3, 0.4) is 0 Å². The van der Waals surface area contributed by atoms with Crippen LogP contribution in [0.4, 0.5) is 0 Å². The summed E-state index contributed by atoms with van der Waals surface area (Å²) >= 11 is 0. The number of aryl methyl sites for hydroxylation is 1. The van der Waals surface area contributed by atoms with E-state index < -0.39 is 6.10 Å². The smallest absolute Gasteiger partial charge is 0.260 e. The van der Waals surface area contributed by atoms with E-state index in [1.54, 1.807) is 14.0 Å². The van der Waals surface area contributed by atoms with Crippen LogP contribution >= 0.6 is 0 Å². The third kappa shape index (κ3) is 5.36. The molecule has 1 amide bonds. The van der Waals surface area contributed by atoms with Crippen LogP contribution in [0.5, 0.6) is 5.75 Å². The molecule has 0 spiro atoms. The SMILES string of the molecule is CNC(C)c1ccc(OC(C)C(=O)NCCOC)c(C)c1. The standard InChI is InChI=1S/C16H26N2O3/c1-11-10-14(12(2)17-4)6-7-15(11)21-13(3)16(19)18-8-9-20-5/h6-7,10,12-13,17H,8-9H2,1-5H3,(H,18,19). The second-order valence-corrected chi connectivity index (χ2v) is 5.08. The molecule has 0 saturated heterocycles. The quantitative estimate of drug-likeness (QED) is 0.718. The Balaban J connectivity index is 2.63. The molecule has 0 fully saturated rings. The highest BCUT2D eigenvalue weighted by Gasteiger charge is 2.15. The van der Waals surface area contributed by atoms with Crippen LogP contribution < -0.4 is 15.4 Å². The number of benzene rings is 1. The van der Waals surface area contributed by atoms with Crippen LogP contribution in [-0.4, -0.2) is 39.3 Å². The topological polar surface area (TPSA) is 59.6 Å². The molecular formula is C16H26N2O3. The maximum absolute atomic E-state index is 11.9. The first-order chi connectivity index (χ1) is 9.99. The lowest BCUT2D eigenvalue weighted by atomic mass is 10.1. The minimum Gasteiger partial charge on any atom is -0.481 e. The summed E-state index contributed by atoms with van der Waals surface area (Å²) < 4.78 is 10.6. The summed E-state index contributed by atoms with van der Waals surface area (Å²) in [6, 6.07) is 6.29. The molecule has 0 bridgehead atoms. The summed E-state index contributed by atoms with van der Waals surface area (Å²) in [5, 5.41) is 5.96. The molecule has 0 heterocycles. The van der Waals surface area contributed by atoms with Gasteiger partial charge in [0, 0.05) is 19.7 Å². The molecule has 2 unspecified atom stereocenters. The molecule has 118 valence electrons. The fourth-order valence-electron chi connectivity index (χ4n) is 1.90. The lowest BCUT2D eigenvalue weighted by Crippen LogP contribution is -2.38. The van der Waals surface area contributed by atoms with Crippen molar-refractivity contribution in [3.05, 3.63) is 29.3 Å². The van der Waals surface area contributed by atoms with Crippen LogP contribution in [-0.2, 0) is 9.53 Å². The molecule has 2 N–H and O–H groups in total. The van der Waals surface area contributed by atoms with Gasteiger partial charge in [0.2, 0.25) is 0 Å². The van der Waals surface area contributed by atoms with E-state index in [-0.39, 0.29) is 11.9 Å². The highest BCUT2D eigenvalue weighted by Crippen LogP contribution is 2.23. The lowest BCUT2D eigenvalue weighted by Gasteiger charge is -2.18. The second-order valence-electron chi connectivity index (χ2n) is 5.08. The first-order valence-electron chi connectivity index (χ1n) is 7.20. The van der Waals surface area contributed by atoms with Gasteiger partial charge < -0.3 is 20.1 Å². The predicted octanol–water partition coefficient (Wildman–Crippen LogP) is 1.81. The van der Waals surface area contributed by atoms with Crippen molar-refractivity contribution in [3.63, 3.8) is 0 Å². The van der Waals surface area contributed by atoms with E-state index in [2.05, 4.69) is 23.6 Å². The Bertz CT molecular complexity index is 463. The Morgan fingerprint density at radius 2 is 2.05 bits per heavy atom. The van der Waals surface area contributed by atoms with Gasteiger partial charge in [0.1, 0.15) is 5.75 Å². The third-order valence-electron chi connectivity index (χ3n) is 3.41. The number of amides is 1. The lowest BCUT2D eigenvalue weighted by molar-refractivity contribution is -0.127. The van der Waals surface area contributed by atoms with Crippen molar-refractivity contribution in [1.82, 2.24) is 10.6 Å². The minimum absolute atomic E-state index is 0.140. The molecule has 0 saturated carbocycles. The van der Waals surface area contributed by atoms with Crippen LogP contribution in [0.25, 0.3) is 0 Å². The number of hydrogen-bond donors (Lipinski definition) is 2. The highest BCUT2D eigenvalue weighted by atomic mass is 16.5. The first-order valence-corrected chi connectivity index (χ1v) is 7.20. The monoisotopic (exact) mass is 294 g/mol. The predicted molar refractivity (Wildman–Crippen MR) is 83.6 cm³/mol. The van der Waals surface area contributed by atoms with Gasteiger partial charge in [0.05, 0.1) is 6.61 Å². The Kier molecular flexibility index (Phi) is 7.19. The maximum atomic E-state index is 11.9. The summed E-state index contributed by atoms with van der Waals surface area (Å²) in [6.07, 6.45) is -0.534. The van der Waals surface area contributed by atoms with Crippen molar-refractivity contribution in [2.75, 3.05) is 27.3 Å². The first kappa shape index (κ1) is 17.5. The van der Waals surface area contributed by atoms with E-state index in [4.69, 9.17) is 9.47 Å². The fraction of sp³-hybridized carbons (Fsp3) is 0.562. The van der Waals surface area contributed by atoms with Gasteiger partial charge in [0.25, 0.3) is 5.91 Å². The highest BCUT2D eigenvalue weighted by molar-refractivity contribution is 5.80. The Morgan fingerprint density at radius 1 is 1.33 bits per heavy atom. The van der Waals surface area contributed by atoms with E-state index in [1.807, 2.05) is 26.1 Å². The van der Waals surface area contributed by atoms with Gasteiger partial charge in [-0.25, -0.2) is 0 Å². The summed E-state index contributed by atoms with van der Waals surface area (Å²) in [4.78, 5) is 11.9. The molecular weight excluding hydrogens is 268 g/mol. The van der Waals surface area contributed by atoms with E-state index in [1.165, 1.54) is 5.56 Å². The van der Waals surface area contributed by atoms with Crippen molar-refractivity contribution < 1.29 is 14.3 Å². The number of ether oxygens (including phenoxy) is 2. The van der Waals surface area contributed by atoms with Gasteiger partial charge in [-0.3, -0.25) is 4.79 Å². The van der Waals surface area contributed by atoms with Crippen molar-refractivity contribution in [2.45, 2.75) is 32.9 Å². The van der Waals surface area contributed by atoms with Gasteiger partial charge >= 0.3 is 0 Å². The molecule has 0 aliphatic rings. The normalized spacial score (nSPS) is 13.6. The summed E-state index contributed by atoms with van der Waals surface area (Å²) in [5.74, 6) is 0.593. The van der Waals surface area contributed by atoms with Crippen LogP contribution in [0.2, 0.25) is 0 Å². The Hall–Kier alpha value is -1.59. The molecule has 2 atom stereocenters. The number of carbonyl (C=O) groups is 1. The van der Waals surface area contributed by atoms with Crippen molar-refractivity contribution in [2.24, 2.45) is 0 Å². The molecule has 1 aromatic carbocycles. The van der Waals surface area contributed by atoms with Crippen LogP contribution in [0.15, 0.2) is 18.2 Å². The number of methoxy groups -OCH3 is 1. The molecule has 21 heavy (non-hydrogen) atoms. The zero-order valence-electron chi connectivity index (χ0n) is 13.5. The Labute approximate surface area is 127 Å². The third-order valence-corrected chi connectivity index (χ3v) is 3.41. The molecule has 0 aliphatic carbocycles. The van der Waals surface area contributed by atoms with Crippen molar-refractivity contribution >= 4 is 5.91 Å². The van der Waals surface area contributed by atoms with E-state index in [9.17, 15) is 4.79 Å². The molecule has 0 radical (unpaired) electrons. The van der Waals surface area contributed by atoms with Gasteiger partial charge in [-0.1, -0.05) is 12.1 Å². The zero-order valence-corrected chi connectivity index (χ0v) is 13.5. The van der Waals surface area contributed by atoms with E-state index in [0.29, 0.717) is 13.2 Å². The zero-order chi connectivity index (χ0) is 15.8. The van der Waals surface area contributed by atoms with Crippen LogP contribution in [0, 0.1) is 6.92 Å². The maximum Gasteiger partial charge on any atom is 0.260 e. The number of hydrogen-bond acceptors (Lipinski definition) is 4.